The summed E-state index contributed by atoms with van der Waals surface area (Å²) in [6.45, 7) is 0. The van der Waals surface area contributed by atoms with E-state index < -0.39 is 0 Å². The molecule has 3 aromatic carbocycles. The largest absolute Gasteiger partial charge is 0.321 e. The van der Waals surface area contributed by atoms with Crippen molar-refractivity contribution in [3.05, 3.63) is 108 Å². The lowest BCUT2D eigenvalue weighted by Crippen LogP contribution is -2.16. The molecule has 2 aromatic heterocycles. The van der Waals surface area contributed by atoms with Crippen molar-refractivity contribution >= 4 is 22.6 Å². The van der Waals surface area contributed by atoms with Crippen LogP contribution in [0.4, 0.5) is 5.69 Å². The van der Waals surface area contributed by atoms with Crippen molar-refractivity contribution in [1.29, 1.82) is 0 Å². The van der Waals surface area contributed by atoms with Crippen LogP contribution in [0.2, 0.25) is 0 Å². The van der Waals surface area contributed by atoms with E-state index in [0.29, 0.717) is 5.69 Å². The highest BCUT2D eigenvalue weighted by molar-refractivity contribution is 6.03. The molecule has 158 valence electrons. The van der Waals surface area contributed by atoms with Crippen LogP contribution in [-0.4, -0.2) is 25.2 Å². The van der Waals surface area contributed by atoms with E-state index in [2.05, 4.69) is 39.2 Å². The molecule has 1 amide bonds. The van der Waals surface area contributed by atoms with Crippen molar-refractivity contribution in [2.45, 2.75) is 12.8 Å². The highest BCUT2D eigenvalue weighted by atomic mass is 16.2. The van der Waals surface area contributed by atoms with E-state index in [-0.39, 0.29) is 5.91 Å². The summed E-state index contributed by atoms with van der Waals surface area (Å²) in [4.78, 5) is 17.4. The van der Waals surface area contributed by atoms with E-state index in [1.165, 1.54) is 0 Å². The number of hydrogen-bond acceptors (Lipinski definition) is 3. The summed E-state index contributed by atoms with van der Waals surface area (Å²) in [5.41, 5.74) is 5.62. The van der Waals surface area contributed by atoms with Crippen molar-refractivity contribution in [2.24, 2.45) is 7.05 Å². The fourth-order valence-electron chi connectivity index (χ4n) is 3.96. The maximum atomic E-state index is 12.5. The number of carbonyl (C=O) groups excluding carboxylic acids is 1. The molecule has 0 bridgehead atoms. The highest BCUT2D eigenvalue weighted by Crippen LogP contribution is 2.23. The normalized spacial score (nSPS) is 11.0. The molecule has 0 fully saturated rings. The SMILES string of the molecule is Cn1nccc1C(=O)Nc1cccc(CCc2nc3ccccc3n2-c2ccccc2)c1. The van der Waals surface area contributed by atoms with Gasteiger partial charge in [-0.25, -0.2) is 4.98 Å². The third-order valence-corrected chi connectivity index (χ3v) is 5.52. The van der Waals surface area contributed by atoms with Crippen LogP contribution in [-0.2, 0) is 19.9 Å². The molecular weight excluding hydrogens is 398 g/mol. The Bertz CT molecular complexity index is 1380. The highest BCUT2D eigenvalue weighted by Gasteiger charge is 2.13. The van der Waals surface area contributed by atoms with Gasteiger partial charge in [0.15, 0.2) is 0 Å². The van der Waals surface area contributed by atoms with Gasteiger partial charge in [-0.3, -0.25) is 14.0 Å². The summed E-state index contributed by atoms with van der Waals surface area (Å²) in [5, 5.41) is 7.02. The molecule has 5 aromatic rings. The number of nitrogens with zero attached hydrogens (tertiary/aromatic N) is 4. The minimum absolute atomic E-state index is 0.173. The molecule has 0 atom stereocenters. The van der Waals surface area contributed by atoms with Crippen molar-refractivity contribution < 1.29 is 4.79 Å². The lowest BCUT2D eigenvalue weighted by atomic mass is 10.1. The number of nitrogens with one attached hydrogen (secondary N) is 1. The van der Waals surface area contributed by atoms with Crippen LogP contribution in [0, 0.1) is 0 Å². The number of para-hydroxylation sites is 3. The summed E-state index contributed by atoms with van der Waals surface area (Å²) >= 11 is 0. The Labute approximate surface area is 186 Å². The first kappa shape index (κ1) is 19.8. The van der Waals surface area contributed by atoms with Crippen LogP contribution in [0.25, 0.3) is 16.7 Å². The summed E-state index contributed by atoms with van der Waals surface area (Å²) < 4.78 is 3.79. The molecule has 0 radical (unpaired) electrons. The Morgan fingerprint density at radius 2 is 1.72 bits per heavy atom. The van der Waals surface area contributed by atoms with Crippen molar-refractivity contribution in [3.63, 3.8) is 0 Å². The summed E-state index contributed by atoms with van der Waals surface area (Å²) in [7, 11) is 1.75. The van der Waals surface area contributed by atoms with E-state index in [9.17, 15) is 4.79 Å². The molecule has 0 unspecified atom stereocenters. The van der Waals surface area contributed by atoms with Crippen LogP contribution < -0.4 is 5.32 Å². The van der Waals surface area contributed by atoms with Crippen LogP contribution in [0.5, 0.6) is 0 Å². The van der Waals surface area contributed by atoms with E-state index in [1.54, 1.807) is 24.0 Å². The van der Waals surface area contributed by atoms with Gasteiger partial charge in [-0.05, 0) is 54.4 Å². The fraction of sp³-hybridized carbons (Fsp3) is 0.115. The number of amides is 1. The Balaban J connectivity index is 1.38. The van der Waals surface area contributed by atoms with Crippen molar-refractivity contribution in [2.75, 3.05) is 5.32 Å². The number of rotatable bonds is 6. The van der Waals surface area contributed by atoms with Crippen LogP contribution >= 0.6 is 0 Å². The second-order valence-electron chi connectivity index (χ2n) is 7.68. The van der Waals surface area contributed by atoms with E-state index >= 15 is 0 Å². The smallest absolute Gasteiger partial charge is 0.273 e. The molecule has 0 saturated carbocycles. The van der Waals surface area contributed by atoms with Gasteiger partial charge in [-0.2, -0.15) is 5.10 Å². The molecule has 0 saturated heterocycles. The minimum Gasteiger partial charge on any atom is -0.321 e. The van der Waals surface area contributed by atoms with E-state index in [4.69, 9.17) is 4.98 Å². The lowest BCUT2D eigenvalue weighted by Gasteiger charge is -2.10. The quantitative estimate of drug-likeness (QED) is 0.428. The second-order valence-corrected chi connectivity index (χ2v) is 7.68. The first-order valence-corrected chi connectivity index (χ1v) is 10.6. The molecule has 0 aliphatic carbocycles. The molecule has 0 aliphatic heterocycles. The van der Waals surface area contributed by atoms with Gasteiger partial charge in [0.1, 0.15) is 11.5 Å². The predicted octanol–water partition coefficient (Wildman–Crippen LogP) is 4.80. The average molecular weight is 422 g/mol. The van der Waals surface area contributed by atoms with Gasteiger partial charge in [-0.15, -0.1) is 0 Å². The standard InChI is InChI=1S/C26H23N5O/c1-30-24(16-17-27-30)26(32)28-20-9-7-8-19(18-20)14-15-25-29-22-12-5-6-13-23(22)31(25)21-10-3-2-4-11-21/h2-13,16-18H,14-15H2,1H3,(H,28,32). The molecule has 2 heterocycles. The zero-order chi connectivity index (χ0) is 21.9. The molecule has 0 aliphatic rings. The molecule has 5 rings (SSSR count). The number of benzene rings is 3. The van der Waals surface area contributed by atoms with Crippen LogP contribution in [0.3, 0.4) is 0 Å². The number of hydrogen-bond donors (Lipinski definition) is 1. The topological polar surface area (TPSA) is 64.7 Å². The van der Waals surface area contributed by atoms with Gasteiger partial charge in [0.2, 0.25) is 0 Å². The van der Waals surface area contributed by atoms with Gasteiger partial charge >= 0.3 is 0 Å². The number of anilines is 1. The number of aryl methyl sites for hydroxylation is 3. The summed E-state index contributed by atoms with van der Waals surface area (Å²) in [5.74, 6) is 0.842. The fourth-order valence-corrected chi connectivity index (χ4v) is 3.96. The Kier molecular flexibility index (Phi) is 5.25. The average Bonchev–Trinajstić information content (AvgIpc) is 3.41. The molecule has 0 spiro atoms. The van der Waals surface area contributed by atoms with Gasteiger partial charge in [0.05, 0.1) is 11.0 Å². The number of fused-ring (bicyclic) bond motifs is 1. The molecule has 1 N–H and O–H groups in total. The van der Waals surface area contributed by atoms with Gasteiger partial charge in [0.25, 0.3) is 5.91 Å². The lowest BCUT2D eigenvalue weighted by molar-refractivity contribution is 0.101. The monoisotopic (exact) mass is 421 g/mol. The zero-order valence-corrected chi connectivity index (χ0v) is 17.8. The minimum atomic E-state index is -0.173. The van der Waals surface area contributed by atoms with E-state index in [0.717, 1.165) is 46.6 Å². The molecule has 6 nitrogen and oxygen atoms in total. The predicted molar refractivity (Wildman–Crippen MR) is 126 cm³/mol. The third kappa shape index (κ3) is 3.90. The number of imidazole rings is 1. The summed E-state index contributed by atoms with van der Waals surface area (Å²) in [6, 6.07) is 28.2. The van der Waals surface area contributed by atoms with Crippen LogP contribution in [0.15, 0.2) is 91.1 Å². The molecule has 32 heavy (non-hydrogen) atoms. The Morgan fingerprint density at radius 3 is 2.53 bits per heavy atom. The first-order valence-electron chi connectivity index (χ1n) is 10.6. The molecule has 6 heteroatoms. The maximum absolute atomic E-state index is 12.5. The first-order chi connectivity index (χ1) is 15.7. The van der Waals surface area contributed by atoms with Crippen LogP contribution in [0.1, 0.15) is 21.9 Å². The second kappa shape index (κ2) is 8.51. The van der Waals surface area contributed by atoms with Gasteiger partial charge in [-0.1, -0.05) is 42.5 Å². The maximum Gasteiger partial charge on any atom is 0.273 e. The number of aromatic nitrogens is 4. The summed E-state index contributed by atoms with van der Waals surface area (Å²) in [6.07, 6.45) is 3.21. The van der Waals surface area contributed by atoms with Crippen molar-refractivity contribution in [3.8, 4) is 5.69 Å². The Hall–Kier alpha value is -4.19. The Morgan fingerprint density at radius 1 is 0.906 bits per heavy atom. The molecular formula is C26H23N5O. The zero-order valence-electron chi connectivity index (χ0n) is 17.8. The van der Waals surface area contributed by atoms with Gasteiger partial charge in [0, 0.05) is 31.0 Å². The van der Waals surface area contributed by atoms with E-state index in [1.807, 2.05) is 54.6 Å². The third-order valence-electron chi connectivity index (χ3n) is 5.52. The van der Waals surface area contributed by atoms with Crippen molar-refractivity contribution in [1.82, 2.24) is 19.3 Å². The van der Waals surface area contributed by atoms with Gasteiger partial charge < -0.3 is 5.32 Å². The number of carbonyl (C=O) groups is 1.